The summed E-state index contributed by atoms with van der Waals surface area (Å²) in [6.45, 7) is 2.42. The second kappa shape index (κ2) is 10.6. The monoisotopic (exact) mass is 487 g/mol. The van der Waals surface area contributed by atoms with Crippen LogP contribution >= 0.6 is 11.8 Å². The molecule has 1 aliphatic rings. The maximum Gasteiger partial charge on any atom is 0.230 e. The number of aliphatic hydroxyl groups is 1. The van der Waals surface area contributed by atoms with Gasteiger partial charge in [0.05, 0.1) is 35.7 Å². The van der Waals surface area contributed by atoms with Gasteiger partial charge in [0.1, 0.15) is 5.82 Å². The van der Waals surface area contributed by atoms with Gasteiger partial charge in [0, 0.05) is 24.9 Å². The Morgan fingerprint density at radius 2 is 2.00 bits per heavy atom. The standard InChI is InChI=1S/C23H26FN5O4S/c1-23(21(31)25-9-3-11-30)12-32-20(33-13-23)19-28-17(14-4-6-15(24)7-5-14)18(29-19)16-8-10-26-22(27-16)34-2/h4-8,10,20,30H,3,9,11-13H2,1-2H3,(H,25,31)(H,28,29). The summed E-state index contributed by atoms with van der Waals surface area (Å²) in [5.41, 5.74) is 1.67. The van der Waals surface area contributed by atoms with Crippen LogP contribution in [-0.4, -0.2) is 63.6 Å². The average Bonchev–Trinajstić information content (AvgIpc) is 3.30. The van der Waals surface area contributed by atoms with Crippen LogP contribution < -0.4 is 5.32 Å². The van der Waals surface area contributed by atoms with Crippen LogP contribution in [0.15, 0.2) is 41.7 Å². The van der Waals surface area contributed by atoms with E-state index < -0.39 is 11.7 Å². The van der Waals surface area contributed by atoms with Gasteiger partial charge in [-0.3, -0.25) is 4.79 Å². The van der Waals surface area contributed by atoms with Crippen molar-refractivity contribution in [3.05, 3.63) is 48.2 Å². The zero-order valence-electron chi connectivity index (χ0n) is 18.9. The van der Waals surface area contributed by atoms with Gasteiger partial charge in [-0.05, 0) is 49.9 Å². The van der Waals surface area contributed by atoms with Gasteiger partial charge < -0.3 is 24.9 Å². The molecular formula is C23H26FN5O4S. The summed E-state index contributed by atoms with van der Waals surface area (Å²) in [4.78, 5) is 29.3. The van der Waals surface area contributed by atoms with Crippen LogP contribution in [0.5, 0.6) is 0 Å². The largest absolute Gasteiger partial charge is 0.396 e. The van der Waals surface area contributed by atoms with E-state index >= 15 is 0 Å². The number of imidazole rings is 1. The first-order chi connectivity index (χ1) is 16.4. The molecule has 1 saturated heterocycles. The predicted octanol–water partition coefficient (Wildman–Crippen LogP) is 2.95. The van der Waals surface area contributed by atoms with Gasteiger partial charge in [-0.2, -0.15) is 0 Å². The van der Waals surface area contributed by atoms with Crippen molar-refractivity contribution in [2.45, 2.75) is 24.8 Å². The predicted molar refractivity (Wildman–Crippen MR) is 124 cm³/mol. The topological polar surface area (TPSA) is 122 Å². The Hall–Kier alpha value is -2.86. The van der Waals surface area contributed by atoms with E-state index in [1.54, 1.807) is 31.3 Å². The number of ether oxygens (including phenoxy) is 2. The van der Waals surface area contributed by atoms with Gasteiger partial charge in [0.25, 0.3) is 0 Å². The molecule has 0 atom stereocenters. The summed E-state index contributed by atoms with van der Waals surface area (Å²) < 4.78 is 25.3. The summed E-state index contributed by atoms with van der Waals surface area (Å²) in [6, 6.07) is 7.79. The molecule has 1 fully saturated rings. The smallest absolute Gasteiger partial charge is 0.230 e. The van der Waals surface area contributed by atoms with Crippen molar-refractivity contribution >= 4 is 17.7 Å². The SMILES string of the molecule is CSc1nccc(-c2[nH]c(C3OCC(C)(C(=O)NCCCO)CO3)nc2-c2ccc(F)cc2)n1. The van der Waals surface area contributed by atoms with E-state index in [4.69, 9.17) is 19.6 Å². The van der Waals surface area contributed by atoms with Crippen LogP contribution in [0.1, 0.15) is 25.5 Å². The second-order valence-electron chi connectivity index (χ2n) is 8.13. The molecule has 0 aliphatic carbocycles. The number of halogens is 1. The minimum absolute atomic E-state index is 0.00799. The Balaban J connectivity index is 1.59. The summed E-state index contributed by atoms with van der Waals surface area (Å²) in [5, 5.41) is 12.3. The highest BCUT2D eigenvalue weighted by atomic mass is 32.2. The van der Waals surface area contributed by atoms with Crippen molar-refractivity contribution in [1.29, 1.82) is 0 Å². The molecule has 0 bridgehead atoms. The van der Waals surface area contributed by atoms with Crippen LogP contribution in [0.3, 0.4) is 0 Å². The number of aliphatic hydroxyl groups excluding tert-OH is 1. The summed E-state index contributed by atoms with van der Waals surface area (Å²) >= 11 is 1.42. The van der Waals surface area contributed by atoms with Crippen LogP contribution in [0.2, 0.25) is 0 Å². The minimum Gasteiger partial charge on any atom is -0.396 e. The zero-order valence-corrected chi connectivity index (χ0v) is 19.7. The lowest BCUT2D eigenvalue weighted by molar-refractivity contribution is -0.231. The molecule has 9 nitrogen and oxygen atoms in total. The van der Waals surface area contributed by atoms with Gasteiger partial charge in [-0.25, -0.2) is 19.3 Å². The van der Waals surface area contributed by atoms with Crippen LogP contribution in [0.4, 0.5) is 4.39 Å². The number of aromatic nitrogens is 4. The molecule has 180 valence electrons. The van der Waals surface area contributed by atoms with E-state index in [1.807, 2.05) is 6.26 Å². The Labute approximate surface area is 200 Å². The zero-order chi connectivity index (χ0) is 24.1. The van der Waals surface area contributed by atoms with Crippen molar-refractivity contribution < 1.29 is 23.8 Å². The lowest BCUT2D eigenvalue weighted by Gasteiger charge is -2.35. The number of nitrogens with one attached hydrogen (secondary N) is 2. The normalized spacial score (nSPS) is 20.3. The molecule has 2 aromatic heterocycles. The third-order valence-electron chi connectivity index (χ3n) is 5.41. The number of H-pyrrole nitrogens is 1. The number of hydrogen-bond acceptors (Lipinski definition) is 8. The number of aromatic amines is 1. The number of carbonyl (C=O) groups is 1. The highest BCUT2D eigenvalue weighted by Crippen LogP contribution is 2.35. The lowest BCUT2D eigenvalue weighted by atomic mass is 9.91. The third kappa shape index (κ3) is 5.27. The first kappa shape index (κ1) is 24.3. The Bertz CT molecular complexity index is 1130. The number of amides is 1. The summed E-state index contributed by atoms with van der Waals surface area (Å²) in [5.74, 6) is -0.123. The van der Waals surface area contributed by atoms with E-state index in [0.29, 0.717) is 46.6 Å². The van der Waals surface area contributed by atoms with Crippen molar-refractivity contribution in [2.75, 3.05) is 32.6 Å². The fourth-order valence-corrected chi connectivity index (χ4v) is 3.83. The second-order valence-corrected chi connectivity index (χ2v) is 8.90. The fourth-order valence-electron chi connectivity index (χ4n) is 3.48. The average molecular weight is 488 g/mol. The molecule has 0 radical (unpaired) electrons. The van der Waals surface area contributed by atoms with Crippen LogP contribution in [0.25, 0.3) is 22.6 Å². The number of carbonyl (C=O) groups excluding carboxylic acids is 1. The highest BCUT2D eigenvalue weighted by Gasteiger charge is 2.40. The van der Waals surface area contributed by atoms with E-state index in [2.05, 4.69) is 20.3 Å². The maximum atomic E-state index is 13.5. The Kier molecular flexibility index (Phi) is 7.57. The lowest BCUT2D eigenvalue weighted by Crippen LogP contribution is -2.48. The quantitative estimate of drug-likeness (QED) is 0.252. The molecule has 0 spiro atoms. The van der Waals surface area contributed by atoms with Crippen molar-refractivity contribution in [3.63, 3.8) is 0 Å². The molecule has 3 N–H and O–H groups in total. The first-order valence-electron chi connectivity index (χ1n) is 10.8. The Morgan fingerprint density at radius 1 is 1.26 bits per heavy atom. The molecule has 4 rings (SSSR count). The minimum atomic E-state index is -0.860. The molecule has 34 heavy (non-hydrogen) atoms. The first-order valence-corrected chi connectivity index (χ1v) is 12.0. The number of thioether (sulfide) groups is 1. The molecule has 0 saturated carbocycles. The molecule has 1 aromatic carbocycles. The van der Waals surface area contributed by atoms with E-state index in [0.717, 1.165) is 0 Å². The molecule has 3 aromatic rings. The van der Waals surface area contributed by atoms with E-state index in [-0.39, 0.29) is 31.5 Å². The fraction of sp³-hybridized carbons (Fsp3) is 0.391. The highest BCUT2D eigenvalue weighted by molar-refractivity contribution is 7.98. The molecule has 1 aliphatic heterocycles. The van der Waals surface area contributed by atoms with Gasteiger partial charge in [-0.1, -0.05) is 11.8 Å². The Morgan fingerprint density at radius 3 is 2.68 bits per heavy atom. The van der Waals surface area contributed by atoms with Crippen molar-refractivity contribution in [2.24, 2.45) is 5.41 Å². The molecule has 11 heteroatoms. The van der Waals surface area contributed by atoms with Gasteiger partial charge >= 0.3 is 0 Å². The van der Waals surface area contributed by atoms with Gasteiger partial charge in [-0.15, -0.1) is 0 Å². The number of benzene rings is 1. The summed E-state index contributed by atoms with van der Waals surface area (Å²) in [6.07, 6.45) is 3.22. The van der Waals surface area contributed by atoms with Crippen molar-refractivity contribution in [1.82, 2.24) is 25.3 Å². The third-order valence-corrected chi connectivity index (χ3v) is 5.97. The van der Waals surface area contributed by atoms with E-state index in [9.17, 15) is 9.18 Å². The van der Waals surface area contributed by atoms with Gasteiger partial charge in [0.15, 0.2) is 11.0 Å². The van der Waals surface area contributed by atoms with Crippen LogP contribution in [0, 0.1) is 11.2 Å². The maximum absolute atomic E-state index is 13.5. The molecule has 1 amide bonds. The van der Waals surface area contributed by atoms with Crippen molar-refractivity contribution in [3.8, 4) is 22.6 Å². The molecule has 3 heterocycles. The number of hydrogen-bond donors (Lipinski definition) is 3. The summed E-state index contributed by atoms with van der Waals surface area (Å²) in [7, 11) is 0. The number of nitrogens with zero attached hydrogens (tertiary/aromatic N) is 3. The van der Waals surface area contributed by atoms with Gasteiger partial charge in [0.2, 0.25) is 12.2 Å². The molecule has 0 unspecified atom stereocenters. The van der Waals surface area contributed by atoms with Crippen LogP contribution in [-0.2, 0) is 14.3 Å². The number of rotatable bonds is 8. The molecular weight excluding hydrogens is 461 g/mol. The van der Waals surface area contributed by atoms with E-state index in [1.165, 1.54) is 23.9 Å².